The molecule has 2 aromatic rings. The number of nitrogens with zero attached hydrogens (tertiary/aromatic N) is 2. The number of aryl methyl sites for hydroxylation is 1. The number of carbonyl (C=O) groups excluding carboxylic acids is 1. The van der Waals surface area contributed by atoms with Crippen molar-refractivity contribution in [2.45, 2.75) is 13.5 Å². The minimum Gasteiger partial charge on any atom is -0.438 e. The zero-order valence-electron chi connectivity index (χ0n) is 10.7. The van der Waals surface area contributed by atoms with E-state index in [0.29, 0.717) is 12.2 Å². The third kappa shape index (κ3) is 3.20. The van der Waals surface area contributed by atoms with Crippen molar-refractivity contribution in [2.24, 2.45) is 0 Å². The van der Waals surface area contributed by atoms with Crippen LogP contribution in [0.15, 0.2) is 41.1 Å². The number of oxazole rings is 1. The van der Waals surface area contributed by atoms with E-state index in [1.807, 2.05) is 30.3 Å². The monoisotopic (exact) mass is 260 g/mol. The second kappa shape index (κ2) is 6.15. The van der Waals surface area contributed by atoms with Crippen molar-refractivity contribution >= 4 is 5.91 Å². The number of aliphatic hydroxyl groups is 1. The summed E-state index contributed by atoms with van der Waals surface area (Å²) >= 11 is 0. The van der Waals surface area contributed by atoms with Gasteiger partial charge < -0.3 is 14.4 Å². The first-order chi connectivity index (χ1) is 9.22. The van der Waals surface area contributed by atoms with E-state index >= 15 is 0 Å². The fourth-order valence-electron chi connectivity index (χ4n) is 1.83. The number of rotatable bonds is 5. The molecule has 5 heteroatoms. The molecule has 2 rings (SSSR count). The van der Waals surface area contributed by atoms with E-state index in [1.165, 1.54) is 6.39 Å². The first-order valence-electron chi connectivity index (χ1n) is 6.06. The predicted octanol–water partition coefficient (Wildman–Crippen LogP) is 1.62. The van der Waals surface area contributed by atoms with E-state index in [4.69, 9.17) is 9.52 Å². The third-order valence-corrected chi connectivity index (χ3v) is 2.81. The second-order valence-corrected chi connectivity index (χ2v) is 4.20. The number of carbonyl (C=O) groups is 1. The standard InChI is InChI=1S/C14H16N2O3/c1-11-13(19-10-15-11)14(18)16(7-8-17)9-12-5-3-2-4-6-12/h2-6,10,17H,7-9H2,1H3. The van der Waals surface area contributed by atoms with E-state index in [1.54, 1.807) is 11.8 Å². The summed E-state index contributed by atoms with van der Waals surface area (Å²) in [5.41, 5.74) is 1.56. The highest BCUT2D eigenvalue weighted by Crippen LogP contribution is 2.12. The summed E-state index contributed by atoms with van der Waals surface area (Å²) in [4.78, 5) is 17.8. The van der Waals surface area contributed by atoms with E-state index < -0.39 is 0 Å². The number of aromatic nitrogens is 1. The molecule has 0 aliphatic carbocycles. The quantitative estimate of drug-likeness (QED) is 0.887. The highest BCUT2D eigenvalue weighted by molar-refractivity contribution is 5.92. The summed E-state index contributed by atoms with van der Waals surface area (Å²) in [7, 11) is 0. The summed E-state index contributed by atoms with van der Waals surface area (Å²) in [6.45, 7) is 2.32. The first kappa shape index (κ1) is 13.3. The van der Waals surface area contributed by atoms with Gasteiger partial charge in [0.05, 0.1) is 12.3 Å². The number of benzene rings is 1. The van der Waals surface area contributed by atoms with E-state index in [-0.39, 0.29) is 24.8 Å². The van der Waals surface area contributed by atoms with Crippen molar-refractivity contribution in [3.8, 4) is 0 Å². The Bertz CT molecular complexity index is 537. The molecule has 0 unspecified atom stereocenters. The van der Waals surface area contributed by atoms with Gasteiger partial charge in [0.15, 0.2) is 6.39 Å². The number of hydrogen-bond donors (Lipinski definition) is 1. The van der Waals surface area contributed by atoms with E-state index in [0.717, 1.165) is 5.56 Å². The molecular weight excluding hydrogens is 244 g/mol. The molecule has 0 radical (unpaired) electrons. The van der Waals surface area contributed by atoms with Crippen LogP contribution < -0.4 is 0 Å². The molecule has 0 aliphatic rings. The van der Waals surface area contributed by atoms with Crippen LogP contribution in [0, 0.1) is 6.92 Å². The molecule has 0 saturated heterocycles. The van der Waals surface area contributed by atoms with Gasteiger partial charge in [0, 0.05) is 13.1 Å². The summed E-state index contributed by atoms with van der Waals surface area (Å²) in [6, 6.07) is 9.62. The Balaban J connectivity index is 2.16. The highest BCUT2D eigenvalue weighted by atomic mass is 16.3. The molecule has 1 aromatic heterocycles. The lowest BCUT2D eigenvalue weighted by molar-refractivity contribution is 0.0675. The fourth-order valence-corrected chi connectivity index (χ4v) is 1.83. The highest BCUT2D eigenvalue weighted by Gasteiger charge is 2.21. The molecule has 1 amide bonds. The van der Waals surface area contributed by atoms with Gasteiger partial charge in [-0.15, -0.1) is 0 Å². The van der Waals surface area contributed by atoms with Gasteiger partial charge in [-0.3, -0.25) is 4.79 Å². The Morgan fingerprint density at radius 1 is 1.37 bits per heavy atom. The van der Waals surface area contributed by atoms with Crippen molar-refractivity contribution in [3.05, 3.63) is 53.7 Å². The topological polar surface area (TPSA) is 66.6 Å². The van der Waals surface area contributed by atoms with Gasteiger partial charge in [0.1, 0.15) is 0 Å². The molecule has 0 saturated carbocycles. The summed E-state index contributed by atoms with van der Waals surface area (Å²) in [6.07, 6.45) is 1.25. The van der Waals surface area contributed by atoms with Gasteiger partial charge in [-0.05, 0) is 12.5 Å². The minimum atomic E-state index is -0.257. The molecule has 1 heterocycles. The van der Waals surface area contributed by atoms with E-state index in [2.05, 4.69) is 4.98 Å². The van der Waals surface area contributed by atoms with Gasteiger partial charge in [-0.2, -0.15) is 0 Å². The lowest BCUT2D eigenvalue weighted by Gasteiger charge is -2.20. The van der Waals surface area contributed by atoms with Crippen LogP contribution in [-0.4, -0.2) is 34.0 Å². The lowest BCUT2D eigenvalue weighted by Crippen LogP contribution is -2.33. The molecule has 0 spiro atoms. The molecule has 1 aromatic carbocycles. The Hall–Kier alpha value is -2.14. The van der Waals surface area contributed by atoms with Crippen LogP contribution in [0.3, 0.4) is 0 Å². The zero-order chi connectivity index (χ0) is 13.7. The fraction of sp³-hybridized carbons (Fsp3) is 0.286. The van der Waals surface area contributed by atoms with Crippen LogP contribution >= 0.6 is 0 Å². The van der Waals surface area contributed by atoms with Crippen molar-refractivity contribution < 1.29 is 14.3 Å². The van der Waals surface area contributed by atoms with Gasteiger partial charge in [0.25, 0.3) is 5.91 Å². The zero-order valence-corrected chi connectivity index (χ0v) is 10.7. The maximum absolute atomic E-state index is 12.3. The molecule has 0 fully saturated rings. The van der Waals surface area contributed by atoms with Crippen LogP contribution in [0.25, 0.3) is 0 Å². The Morgan fingerprint density at radius 2 is 2.11 bits per heavy atom. The van der Waals surface area contributed by atoms with Crippen molar-refractivity contribution in [3.63, 3.8) is 0 Å². The number of aliphatic hydroxyl groups excluding tert-OH is 1. The van der Waals surface area contributed by atoms with Crippen molar-refractivity contribution in [1.82, 2.24) is 9.88 Å². The molecule has 5 nitrogen and oxygen atoms in total. The van der Waals surface area contributed by atoms with Crippen LogP contribution in [-0.2, 0) is 6.54 Å². The molecule has 0 bridgehead atoms. The molecule has 19 heavy (non-hydrogen) atoms. The summed E-state index contributed by atoms with van der Waals surface area (Å²) in [5.74, 6) is -0.0303. The second-order valence-electron chi connectivity index (χ2n) is 4.20. The largest absolute Gasteiger partial charge is 0.438 e. The maximum atomic E-state index is 12.3. The van der Waals surface area contributed by atoms with Crippen molar-refractivity contribution in [1.29, 1.82) is 0 Å². The number of hydrogen-bond acceptors (Lipinski definition) is 4. The average molecular weight is 260 g/mol. The molecule has 0 atom stereocenters. The first-order valence-corrected chi connectivity index (χ1v) is 6.06. The molecule has 100 valence electrons. The van der Waals surface area contributed by atoms with Gasteiger partial charge in [-0.1, -0.05) is 30.3 Å². The van der Waals surface area contributed by atoms with Gasteiger partial charge >= 0.3 is 0 Å². The van der Waals surface area contributed by atoms with Crippen LogP contribution in [0.4, 0.5) is 0 Å². The van der Waals surface area contributed by atoms with Crippen molar-refractivity contribution in [2.75, 3.05) is 13.2 Å². The number of amides is 1. The van der Waals surface area contributed by atoms with Gasteiger partial charge in [-0.25, -0.2) is 4.98 Å². The smallest absolute Gasteiger partial charge is 0.291 e. The SMILES string of the molecule is Cc1ncoc1C(=O)N(CCO)Cc1ccccc1. The van der Waals surface area contributed by atoms with E-state index in [9.17, 15) is 4.79 Å². The minimum absolute atomic E-state index is 0.0915. The van der Waals surface area contributed by atoms with Gasteiger partial charge in [0.2, 0.25) is 5.76 Å². The Kier molecular flexibility index (Phi) is 4.30. The van der Waals surface area contributed by atoms with Crippen LogP contribution in [0.5, 0.6) is 0 Å². The third-order valence-electron chi connectivity index (χ3n) is 2.81. The van der Waals surface area contributed by atoms with Crippen LogP contribution in [0.2, 0.25) is 0 Å². The summed E-state index contributed by atoms with van der Waals surface area (Å²) in [5, 5.41) is 9.09. The lowest BCUT2D eigenvalue weighted by atomic mass is 10.2. The van der Waals surface area contributed by atoms with Crippen LogP contribution in [0.1, 0.15) is 21.8 Å². The maximum Gasteiger partial charge on any atom is 0.291 e. The average Bonchev–Trinajstić information content (AvgIpc) is 2.85. The Labute approximate surface area is 111 Å². The Morgan fingerprint density at radius 3 is 2.68 bits per heavy atom. The normalized spacial score (nSPS) is 10.4. The predicted molar refractivity (Wildman–Crippen MR) is 69.5 cm³/mol. The molecular formula is C14H16N2O3. The molecule has 0 aliphatic heterocycles. The summed E-state index contributed by atoms with van der Waals surface area (Å²) < 4.78 is 5.11. The molecule has 1 N–H and O–H groups in total.